The van der Waals surface area contributed by atoms with Gasteiger partial charge in [0.05, 0.1) is 12.1 Å². The summed E-state index contributed by atoms with van der Waals surface area (Å²) >= 11 is 0. The Morgan fingerprint density at radius 1 is 1.12 bits per heavy atom. The molecular formula is C21H21FN2O2. The van der Waals surface area contributed by atoms with E-state index in [1.54, 1.807) is 0 Å². The molecule has 1 saturated carbocycles. The number of fused-ring (bicyclic) bond motifs is 1. The lowest BCUT2D eigenvalue weighted by atomic mass is 9.76. The van der Waals surface area contributed by atoms with Crippen molar-refractivity contribution in [1.29, 1.82) is 0 Å². The molecule has 0 amide bonds. The number of aliphatic hydroxyl groups excluding tert-OH is 1. The summed E-state index contributed by atoms with van der Waals surface area (Å²) in [5, 5.41) is 9.68. The number of halogens is 1. The zero-order valence-electron chi connectivity index (χ0n) is 14.4. The zero-order valence-corrected chi connectivity index (χ0v) is 14.4. The third-order valence-electron chi connectivity index (χ3n) is 5.75. The van der Waals surface area contributed by atoms with Crippen LogP contribution in [0.1, 0.15) is 35.6 Å². The molecule has 2 aromatic carbocycles. The Morgan fingerprint density at radius 2 is 1.88 bits per heavy atom. The van der Waals surface area contributed by atoms with Crippen LogP contribution in [0.5, 0.6) is 0 Å². The number of aliphatic imine (C=N–C) groups is 1. The molecule has 2 aromatic rings. The largest absolute Gasteiger partial charge is 0.463 e. The second kappa shape index (κ2) is 5.81. The van der Waals surface area contributed by atoms with Crippen LogP contribution in [0.3, 0.4) is 0 Å². The quantitative estimate of drug-likeness (QED) is 0.858. The smallest absolute Gasteiger partial charge is 0.288 e. The SMILES string of the molecule is OC1CC2(COC(N3CCc4ccccc4C3c3ccc(F)cc3)=N2)C1. The molecule has 1 N–H and O–H groups in total. The number of benzene rings is 2. The number of amidine groups is 1. The molecule has 3 aliphatic rings. The van der Waals surface area contributed by atoms with Crippen LogP contribution < -0.4 is 0 Å². The topological polar surface area (TPSA) is 45.1 Å². The summed E-state index contributed by atoms with van der Waals surface area (Å²) in [5.74, 6) is -0.235. The fourth-order valence-corrected chi connectivity index (χ4v) is 4.42. The van der Waals surface area contributed by atoms with E-state index >= 15 is 0 Å². The molecule has 0 aromatic heterocycles. The molecule has 0 radical (unpaired) electrons. The van der Waals surface area contributed by atoms with E-state index in [1.165, 1.54) is 23.3 Å². The number of hydrogen-bond donors (Lipinski definition) is 1. The van der Waals surface area contributed by atoms with Crippen molar-refractivity contribution in [3.05, 3.63) is 71.0 Å². The van der Waals surface area contributed by atoms with Gasteiger partial charge in [0.25, 0.3) is 6.02 Å². The van der Waals surface area contributed by atoms with Gasteiger partial charge in [-0.25, -0.2) is 9.38 Å². The lowest BCUT2D eigenvalue weighted by molar-refractivity contribution is 0.0111. The molecule has 1 fully saturated rings. The molecule has 2 aliphatic heterocycles. The summed E-state index contributed by atoms with van der Waals surface area (Å²) in [6.45, 7) is 1.34. The fraction of sp³-hybridized carbons (Fsp3) is 0.381. The Labute approximate surface area is 151 Å². The first-order valence-corrected chi connectivity index (χ1v) is 9.14. The van der Waals surface area contributed by atoms with Gasteiger partial charge in [0, 0.05) is 19.4 Å². The first kappa shape index (κ1) is 15.8. The number of nitrogens with zero attached hydrogens (tertiary/aromatic N) is 2. The molecule has 134 valence electrons. The first-order chi connectivity index (χ1) is 12.6. The Bertz CT molecular complexity index is 859. The monoisotopic (exact) mass is 352 g/mol. The predicted molar refractivity (Wildman–Crippen MR) is 96.5 cm³/mol. The van der Waals surface area contributed by atoms with Gasteiger partial charge in [0.15, 0.2) is 0 Å². The molecular weight excluding hydrogens is 331 g/mol. The van der Waals surface area contributed by atoms with Crippen LogP contribution in [0.2, 0.25) is 0 Å². The number of rotatable bonds is 1. The maximum absolute atomic E-state index is 13.5. The molecule has 5 rings (SSSR count). The number of ether oxygens (including phenoxy) is 1. The van der Waals surface area contributed by atoms with Crippen LogP contribution in [0.15, 0.2) is 53.5 Å². The lowest BCUT2D eigenvalue weighted by Gasteiger charge is -2.38. The van der Waals surface area contributed by atoms with Crippen molar-refractivity contribution in [3.63, 3.8) is 0 Å². The first-order valence-electron chi connectivity index (χ1n) is 9.14. The van der Waals surface area contributed by atoms with Crippen molar-refractivity contribution in [1.82, 2.24) is 4.90 Å². The van der Waals surface area contributed by atoms with Gasteiger partial charge in [-0.05, 0) is 35.2 Å². The lowest BCUT2D eigenvalue weighted by Crippen LogP contribution is -2.46. The second-order valence-corrected chi connectivity index (χ2v) is 7.57. The minimum absolute atomic E-state index is 0.0422. The molecule has 0 bridgehead atoms. The zero-order chi connectivity index (χ0) is 17.7. The summed E-state index contributed by atoms with van der Waals surface area (Å²) in [7, 11) is 0. The van der Waals surface area contributed by atoms with Crippen LogP contribution >= 0.6 is 0 Å². The van der Waals surface area contributed by atoms with E-state index < -0.39 is 0 Å². The predicted octanol–water partition coefficient (Wildman–Crippen LogP) is 3.05. The van der Waals surface area contributed by atoms with Crippen molar-refractivity contribution in [2.75, 3.05) is 13.2 Å². The van der Waals surface area contributed by atoms with Gasteiger partial charge >= 0.3 is 0 Å². The van der Waals surface area contributed by atoms with Gasteiger partial charge in [-0.2, -0.15) is 0 Å². The Kier molecular flexibility index (Phi) is 3.54. The summed E-state index contributed by atoms with van der Waals surface area (Å²) < 4.78 is 19.4. The van der Waals surface area contributed by atoms with Crippen molar-refractivity contribution in [2.45, 2.75) is 36.9 Å². The molecule has 1 unspecified atom stereocenters. The van der Waals surface area contributed by atoms with Gasteiger partial charge in [0.1, 0.15) is 18.0 Å². The highest BCUT2D eigenvalue weighted by molar-refractivity contribution is 5.78. The van der Waals surface area contributed by atoms with E-state index in [0.29, 0.717) is 25.5 Å². The van der Waals surface area contributed by atoms with Gasteiger partial charge in [-0.1, -0.05) is 36.4 Å². The van der Waals surface area contributed by atoms with E-state index in [1.807, 2.05) is 18.2 Å². The van der Waals surface area contributed by atoms with Crippen molar-refractivity contribution in [2.24, 2.45) is 4.99 Å². The summed E-state index contributed by atoms with van der Waals surface area (Å²) in [5.41, 5.74) is 3.30. The van der Waals surface area contributed by atoms with Crippen molar-refractivity contribution >= 4 is 6.02 Å². The van der Waals surface area contributed by atoms with E-state index in [2.05, 4.69) is 23.1 Å². The average molecular weight is 352 g/mol. The van der Waals surface area contributed by atoms with Crippen molar-refractivity contribution < 1.29 is 14.2 Å². The Hall–Kier alpha value is -2.40. The Balaban J connectivity index is 1.55. The molecule has 5 heteroatoms. The van der Waals surface area contributed by atoms with Crippen molar-refractivity contribution in [3.8, 4) is 0 Å². The van der Waals surface area contributed by atoms with E-state index in [0.717, 1.165) is 18.5 Å². The molecule has 0 saturated heterocycles. The summed E-state index contributed by atoms with van der Waals surface area (Å²) in [4.78, 5) is 7.04. The molecule has 26 heavy (non-hydrogen) atoms. The number of hydrogen-bond acceptors (Lipinski definition) is 4. The third kappa shape index (κ3) is 2.50. The maximum Gasteiger partial charge on any atom is 0.288 e. The molecule has 2 heterocycles. The van der Waals surface area contributed by atoms with Crippen LogP contribution in [-0.4, -0.2) is 40.8 Å². The summed E-state index contributed by atoms with van der Waals surface area (Å²) in [6, 6.07) is 15.7. The normalized spacial score (nSPS) is 29.8. The van der Waals surface area contributed by atoms with Crippen LogP contribution in [0.4, 0.5) is 4.39 Å². The van der Waals surface area contributed by atoms with Crippen LogP contribution in [-0.2, 0) is 11.2 Å². The highest BCUT2D eigenvalue weighted by Gasteiger charge is 2.49. The van der Waals surface area contributed by atoms with Gasteiger partial charge in [0.2, 0.25) is 0 Å². The minimum Gasteiger partial charge on any atom is -0.463 e. The van der Waals surface area contributed by atoms with Gasteiger partial charge in [-0.15, -0.1) is 0 Å². The Morgan fingerprint density at radius 3 is 2.65 bits per heavy atom. The van der Waals surface area contributed by atoms with Crippen LogP contribution in [0, 0.1) is 5.82 Å². The highest BCUT2D eigenvalue weighted by Crippen LogP contribution is 2.42. The standard InChI is InChI=1S/C21H21FN2O2/c22-16-7-5-15(6-8-16)19-18-4-2-1-3-14(18)9-10-24(19)20-23-21(13-26-20)11-17(25)12-21/h1-8,17,19,25H,9-13H2. The number of aliphatic hydroxyl groups is 1. The molecule has 1 aliphatic carbocycles. The van der Waals surface area contributed by atoms with E-state index in [-0.39, 0.29) is 23.5 Å². The third-order valence-corrected chi connectivity index (χ3v) is 5.75. The maximum atomic E-state index is 13.5. The highest BCUT2D eigenvalue weighted by atomic mass is 19.1. The van der Waals surface area contributed by atoms with E-state index in [4.69, 9.17) is 9.73 Å². The minimum atomic E-state index is -0.267. The van der Waals surface area contributed by atoms with Crippen LogP contribution in [0.25, 0.3) is 0 Å². The second-order valence-electron chi connectivity index (χ2n) is 7.57. The van der Waals surface area contributed by atoms with E-state index in [9.17, 15) is 9.50 Å². The fourth-order valence-electron chi connectivity index (χ4n) is 4.42. The average Bonchev–Trinajstić information content (AvgIpc) is 3.06. The molecule has 1 spiro atoms. The van der Waals surface area contributed by atoms with Gasteiger partial charge in [-0.3, -0.25) is 0 Å². The molecule has 1 atom stereocenters. The molecule has 4 nitrogen and oxygen atoms in total. The van der Waals surface area contributed by atoms with Gasteiger partial charge < -0.3 is 14.7 Å². The summed E-state index contributed by atoms with van der Waals surface area (Å²) in [6.07, 6.45) is 1.99.